The molecule has 2 aromatic rings. The van der Waals surface area contributed by atoms with Crippen molar-refractivity contribution in [2.24, 2.45) is 0 Å². The number of hydrogen-bond acceptors (Lipinski definition) is 4. The van der Waals surface area contributed by atoms with Crippen LogP contribution in [0.2, 0.25) is 0 Å². The highest BCUT2D eigenvalue weighted by Gasteiger charge is 2.30. The van der Waals surface area contributed by atoms with Gasteiger partial charge in [0.05, 0.1) is 12.5 Å². The van der Waals surface area contributed by atoms with Gasteiger partial charge in [-0.15, -0.1) is 0 Å². The fourth-order valence-corrected chi connectivity index (χ4v) is 3.26. The van der Waals surface area contributed by atoms with E-state index in [-0.39, 0.29) is 30.1 Å². The Morgan fingerprint density at radius 3 is 2.84 bits per heavy atom. The number of H-pyrrole nitrogens is 1. The molecule has 1 aliphatic heterocycles. The summed E-state index contributed by atoms with van der Waals surface area (Å²) in [7, 11) is 0. The number of benzene rings is 1. The number of rotatable bonds is 3. The molecule has 25 heavy (non-hydrogen) atoms. The zero-order chi connectivity index (χ0) is 18.0. The van der Waals surface area contributed by atoms with Crippen molar-refractivity contribution < 1.29 is 9.59 Å². The molecule has 130 valence electrons. The number of aromatic amines is 1. The van der Waals surface area contributed by atoms with Gasteiger partial charge in [0.25, 0.3) is 0 Å². The van der Waals surface area contributed by atoms with Crippen LogP contribution in [0.3, 0.4) is 0 Å². The molecule has 0 bridgehead atoms. The Morgan fingerprint density at radius 2 is 2.12 bits per heavy atom. The molecule has 1 aromatic heterocycles. The van der Waals surface area contributed by atoms with Crippen molar-refractivity contribution in [1.29, 1.82) is 0 Å². The molecule has 7 heteroatoms. The summed E-state index contributed by atoms with van der Waals surface area (Å²) in [6.45, 7) is 3.82. The fraction of sp³-hybridized carbons (Fsp3) is 0.333. The first-order chi connectivity index (χ1) is 11.9. The minimum atomic E-state index is -0.510. The van der Waals surface area contributed by atoms with Crippen molar-refractivity contribution in [3.63, 3.8) is 0 Å². The molecule has 1 aliphatic rings. The molecule has 1 unspecified atom stereocenters. The molecule has 0 fully saturated rings. The Balaban J connectivity index is 1.82. The maximum Gasteiger partial charge on any atom is 0.347 e. The van der Waals surface area contributed by atoms with E-state index in [4.69, 9.17) is 0 Å². The third kappa shape index (κ3) is 3.76. The smallest absolute Gasteiger partial charge is 0.335 e. The minimum absolute atomic E-state index is 0.0579. The standard InChI is InChI=1S/C18H20N4O3/c1-11-9-16(21-18(25)19-11)20-17(24)10-15-14-6-4-3-5-13(14)7-8-22(15)12(2)23/h3-6,9,15H,7-8,10H2,1-2H3,(H2,19,20,21,24,25). The monoisotopic (exact) mass is 340 g/mol. The van der Waals surface area contributed by atoms with Gasteiger partial charge in [-0.25, -0.2) is 4.79 Å². The zero-order valence-corrected chi connectivity index (χ0v) is 14.2. The molecule has 0 aliphatic carbocycles. The van der Waals surface area contributed by atoms with E-state index in [1.54, 1.807) is 17.9 Å². The van der Waals surface area contributed by atoms with Crippen LogP contribution in [0, 0.1) is 6.92 Å². The maximum absolute atomic E-state index is 12.5. The van der Waals surface area contributed by atoms with Crippen LogP contribution >= 0.6 is 0 Å². The number of carbonyl (C=O) groups is 2. The fourth-order valence-electron chi connectivity index (χ4n) is 3.26. The van der Waals surface area contributed by atoms with Crippen LogP contribution in [0.1, 0.15) is 36.2 Å². The van der Waals surface area contributed by atoms with Crippen molar-refractivity contribution in [1.82, 2.24) is 14.9 Å². The van der Waals surface area contributed by atoms with Gasteiger partial charge in [-0.3, -0.25) is 9.59 Å². The SMILES string of the molecule is CC(=O)N1CCc2ccccc2C1CC(=O)Nc1cc(C)[nH]c(=O)n1. The van der Waals surface area contributed by atoms with E-state index in [1.807, 2.05) is 24.3 Å². The van der Waals surface area contributed by atoms with Gasteiger partial charge in [0.15, 0.2) is 0 Å². The lowest BCUT2D eigenvalue weighted by atomic mass is 9.90. The molecule has 0 saturated carbocycles. The summed E-state index contributed by atoms with van der Waals surface area (Å²) in [6, 6.07) is 9.14. The number of aromatic nitrogens is 2. The van der Waals surface area contributed by atoms with Crippen molar-refractivity contribution in [2.75, 3.05) is 11.9 Å². The molecular weight excluding hydrogens is 320 g/mol. The quantitative estimate of drug-likeness (QED) is 0.886. The normalized spacial score (nSPS) is 16.2. The van der Waals surface area contributed by atoms with Gasteiger partial charge < -0.3 is 15.2 Å². The molecule has 1 aromatic carbocycles. The average Bonchev–Trinajstić information content (AvgIpc) is 2.53. The first kappa shape index (κ1) is 16.9. The van der Waals surface area contributed by atoms with Crippen LogP contribution in [0.5, 0.6) is 0 Å². The summed E-state index contributed by atoms with van der Waals surface area (Å²) in [5.74, 6) is -0.132. The molecule has 0 spiro atoms. The summed E-state index contributed by atoms with van der Waals surface area (Å²) in [4.78, 5) is 43.9. The molecule has 2 heterocycles. The third-order valence-electron chi connectivity index (χ3n) is 4.34. The van der Waals surface area contributed by atoms with E-state index < -0.39 is 5.69 Å². The van der Waals surface area contributed by atoms with Gasteiger partial charge in [0.1, 0.15) is 5.82 Å². The van der Waals surface area contributed by atoms with E-state index in [0.717, 1.165) is 17.5 Å². The average molecular weight is 340 g/mol. The van der Waals surface area contributed by atoms with Gasteiger partial charge in [0.2, 0.25) is 11.8 Å². The Bertz CT molecular complexity index is 875. The molecule has 2 amide bonds. The number of carbonyl (C=O) groups excluding carboxylic acids is 2. The Hall–Kier alpha value is -2.96. The van der Waals surface area contributed by atoms with Crippen molar-refractivity contribution in [3.05, 3.63) is 57.6 Å². The topological polar surface area (TPSA) is 95.2 Å². The zero-order valence-electron chi connectivity index (χ0n) is 14.2. The summed E-state index contributed by atoms with van der Waals surface area (Å²) < 4.78 is 0. The Morgan fingerprint density at radius 1 is 1.36 bits per heavy atom. The van der Waals surface area contributed by atoms with Crippen LogP contribution in [-0.2, 0) is 16.0 Å². The summed E-state index contributed by atoms with van der Waals surface area (Å²) in [5.41, 5.74) is 2.25. The number of aryl methyl sites for hydroxylation is 1. The highest BCUT2D eigenvalue weighted by atomic mass is 16.2. The second-order valence-corrected chi connectivity index (χ2v) is 6.18. The van der Waals surface area contributed by atoms with E-state index in [1.165, 1.54) is 6.92 Å². The number of nitrogens with one attached hydrogen (secondary N) is 2. The third-order valence-corrected chi connectivity index (χ3v) is 4.34. The molecule has 1 atom stereocenters. The number of fused-ring (bicyclic) bond motifs is 1. The van der Waals surface area contributed by atoms with Gasteiger partial charge in [0, 0.05) is 25.2 Å². The van der Waals surface area contributed by atoms with Crippen molar-refractivity contribution in [2.45, 2.75) is 32.7 Å². The number of hydrogen-bond donors (Lipinski definition) is 2. The van der Waals surface area contributed by atoms with E-state index >= 15 is 0 Å². The second-order valence-electron chi connectivity index (χ2n) is 6.18. The van der Waals surface area contributed by atoms with Gasteiger partial charge in [-0.2, -0.15) is 4.98 Å². The molecule has 0 radical (unpaired) electrons. The van der Waals surface area contributed by atoms with Gasteiger partial charge in [-0.1, -0.05) is 24.3 Å². The molecule has 3 rings (SSSR count). The van der Waals surface area contributed by atoms with Crippen molar-refractivity contribution >= 4 is 17.6 Å². The van der Waals surface area contributed by atoms with Crippen LogP contribution in [-0.4, -0.2) is 33.2 Å². The Kier molecular flexibility index (Phi) is 4.65. The maximum atomic E-state index is 12.5. The first-order valence-corrected chi connectivity index (χ1v) is 8.17. The lowest BCUT2D eigenvalue weighted by Crippen LogP contribution is -2.40. The van der Waals surface area contributed by atoms with Crippen LogP contribution in [0.15, 0.2) is 35.1 Å². The molecule has 2 N–H and O–H groups in total. The summed E-state index contributed by atoms with van der Waals surface area (Å²) in [5, 5.41) is 2.65. The van der Waals surface area contributed by atoms with Gasteiger partial charge >= 0.3 is 5.69 Å². The minimum Gasteiger partial charge on any atom is -0.335 e. The molecule has 7 nitrogen and oxygen atoms in total. The summed E-state index contributed by atoms with van der Waals surface area (Å²) >= 11 is 0. The van der Waals surface area contributed by atoms with Crippen LogP contribution < -0.4 is 11.0 Å². The highest BCUT2D eigenvalue weighted by molar-refractivity contribution is 5.90. The lowest BCUT2D eigenvalue weighted by molar-refractivity contribution is -0.132. The van der Waals surface area contributed by atoms with E-state index in [9.17, 15) is 14.4 Å². The van der Waals surface area contributed by atoms with Crippen LogP contribution in [0.4, 0.5) is 5.82 Å². The molecule has 0 saturated heterocycles. The molecular formula is C18H20N4O3. The predicted octanol–water partition coefficient (Wildman–Crippen LogP) is 1.55. The number of nitrogens with zero attached hydrogens (tertiary/aromatic N) is 2. The highest BCUT2D eigenvalue weighted by Crippen LogP contribution is 2.32. The van der Waals surface area contributed by atoms with E-state index in [0.29, 0.717) is 12.2 Å². The van der Waals surface area contributed by atoms with E-state index in [2.05, 4.69) is 15.3 Å². The van der Waals surface area contributed by atoms with Crippen molar-refractivity contribution in [3.8, 4) is 0 Å². The lowest BCUT2D eigenvalue weighted by Gasteiger charge is -2.36. The number of amides is 2. The van der Waals surface area contributed by atoms with Gasteiger partial charge in [-0.05, 0) is 24.5 Å². The number of anilines is 1. The second kappa shape index (κ2) is 6.88. The largest absolute Gasteiger partial charge is 0.347 e. The Labute approximate surface area is 145 Å². The van der Waals surface area contributed by atoms with Crippen LogP contribution in [0.25, 0.3) is 0 Å². The first-order valence-electron chi connectivity index (χ1n) is 8.17. The summed E-state index contributed by atoms with van der Waals surface area (Å²) in [6.07, 6.45) is 0.896. The predicted molar refractivity (Wildman–Crippen MR) is 93.1 cm³/mol.